The highest BCUT2D eigenvalue weighted by Gasteiger charge is 2.34. The van der Waals surface area contributed by atoms with Crippen molar-refractivity contribution < 1.29 is 4.79 Å². The normalized spacial score (nSPS) is 14.5. The molecule has 6 heteroatoms. The van der Waals surface area contributed by atoms with Crippen LogP contribution < -0.4 is 4.90 Å². The van der Waals surface area contributed by atoms with Crippen molar-refractivity contribution in [2.75, 3.05) is 32.1 Å². The molecule has 0 bridgehead atoms. The first kappa shape index (κ1) is 16.6. The molecule has 1 aliphatic heterocycles. The highest BCUT2D eigenvalue weighted by atomic mass is 16.2. The van der Waals surface area contributed by atoms with Gasteiger partial charge >= 0.3 is 0 Å². The molecule has 0 radical (unpaired) electrons. The van der Waals surface area contributed by atoms with Crippen LogP contribution >= 0.6 is 0 Å². The molecule has 0 spiro atoms. The lowest BCUT2D eigenvalue weighted by Crippen LogP contribution is -2.51. The number of likely N-dealkylation sites (tertiary alicyclic amines) is 1. The number of hydrogen-bond acceptors (Lipinski definition) is 4. The number of benzene rings is 1. The second-order valence-electron chi connectivity index (χ2n) is 7.18. The maximum Gasteiger partial charge on any atom is 0.254 e. The van der Waals surface area contributed by atoms with Gasteiger partial charge in [0.2, 0.25) is 0 Å². The highest BCUT2D eigenvalue weighted by molar-refractivity contribution is 6.07. The topological polar surface area (TPSA) is 54.3 Å². The second kappa shape index (κ2) is 6.12. The molecule has 0 unspecified atom stereocenters. The van der Waals surface area contributed by atoms with Crippen LogP contribution in [-0.2, 0) is 0 Å². The molecule has 26 heavy (non-hydrogen) atoms. The summed E-state index contributed by atoms with van der Waals surface area (Å²) in [5.41, 5.74) is 3.72. The zero-order chi connectivity index (χ0) is 18.4. The summed E-state index contributed by atoms with van der Waals surface area (Å²) in [7, 11) is 3.88. The SMILES string of the molecule is Cc1cc(C)n(C2CN(C(=O)c3cc(N(C)C)nc4ccccc34)C2)n1. The van der Waals surface area contributed by atoms with Gasteiger partial charge in [-0.2, -0.15) is 5.10 Å². The standard InChI is InChI=1S/C20H23N5O/c1-13-9-14(2)25(22-13)15-11-24(12-15)20(26)17-10-19(23(3)4)21-18-8-6-5-7-16(17)18/h5-10,15H,11-12H2,1-4H3. The molecular weight excluding hydrogens is 326 g/mol. The number of rotatable bonds is 3. The van der Waals surface area contributed by atoms with Crippen LogP contribution in [-0.4, -0.2) is 52.8 Å². The van der Waals surface area contributed by atoms with Crippen LogP contribution in [0.1, 0.15) is 27.8 Å². The summed E-state index contributed by atoms with van der Waals surface area (Å²) in [6.45, 7) is 5.44. The van der Waals surface area contributed by atoms with Gasteiger partial charge < -0.3 is 9.80 Å². The van der Waals surface area contributed by atoms with Crippen molar-refractivity contribution in [1.82, 2.24) is 19.7 Å². The summed E-state index contributed by atoms with van der Waals surface area (Å²) in [4.78, 5) is 21.6. The molecule has 6 nitrogen and oxygen atoms in total. The molecule has 0 N–H and O–H groups in total. The number of aromatic nitrogens is 3. The third-order valence-corrected chi connectivity index (χ3v) is 4.93. The molecule has 2 aromatic heterocycles. The fraction of sp³-hybridized carbons (Fsp3) is 0.350. The summed E-state index contributed by atoms with van der Waals surface area (Å²) in [6, 6.07) is 12.0. The molecule has 134 valence electrons. The Balaban J connectivity index is 1.62. The number of carbonyl (C=O) groups excluding carboxylic acids is 1. The summed E-state index contributed by atoms with van der Waals surface area (Å²) >= 11 is 0. The largest absolute Gasteiger partial charge is 0.363 e. The quantitative estimate of drug-likeness (QED) is 0.730. The number of hydrogen-bond donors (Lipinski definition) is 0. The Morgan fingerprint density at radius 3 is 2.54 bits per heavy atom. The Bertz CT molecular complexity index is 985. The van der Waals surface area contributed by atoms with E-state index in [1.165, 1.54) is 0 Å². The van der Waals surface area contributed by atoms with Crippen LogP contribution in [0.5, 0.6) is 0 Å². The maximum atomic E-state index is 13.1. The lowest BCUT2D eigenvalue weighted by Gasteiger charge is -2.40. The van der Waals surface area contributed by atoms with E-state index in [1.54, 1.807) is 0 Å². The van der Waals surface area contributed by atoms with Crippen LogP contribution in [0.25, 0.3) is 10.9 Å². The molecule has 3 heterocycles. The van der Waals surface area contributed by atoms with Crippen LogP contribution in [0.3, 0.4) is 0 Å². The monoisotopic (exact) mass is 349 g/mol. The first-order chi connectivity index (χ1) is 12.4. The molecule has 0 aliphatic carbocycles. The highest BCUT2D eigenvalue weighted by Crippen LogP contribution is 2.28. The van der Waals surface area contributed by atoms with Crippen molar-refractivity contribution in [1.29, 1.82) is 0 Å². The fourth-order valence-electron chi connectivity index (χ4n) is 3.53. The number of carbonyl (C=O) groups is 1. The molecule has 1 amide bonds. The lowest BCUT2D eigenvalue weighted by molar-refractivity contribution is 0.0499. The third kappa shape index (κ3) is 2.71. The van der Waals surface area contributed by atoms with E-state index >= 15 is 0 Å². The summed E-state index contributed by atoms with van der Waals surface area (Å²) < 4.78 is 2.04. The summed E-state index contributed by atoms with van der Waals surface area (Å²) in [5, 5.41) is 5.45. The number of fused-ring (bicyclic) bond motifs is 1. The average Bonchev–Trinajstić information content (AvgIpc) is 2.90. The smallest absolute Gasteiger partial charge is 0.254 e. The average molecular weight is 349 g/mol. The van der Waals surface area contributed by atoms with Crippen molar-refractivity contribution in [3.8, 4) is 0 Å². The van der Waals surface area contributed by atoms with Gasteiger partial charge in [-0.15, -0.1) is 0 Å². The van der Waals surface area contributed by atoms with E-state index in [9.17, 15) is 4.79 Å². The second-order valence-corrected chi connectivity index (χ2v) is 7.18. The van der Waals surface area contributed by atoms with Gasteiger partial charge in [-0.05, 0) is 32.0 Å². The van der Waals surface area contributed by atoms with E-state index in [1.807, 2.05) is 65.8 Å². The van der Waals surface area contributed by atoms with Gasteiger partial charge in [0.15, 0.2) is 0 Å². The van der Waals surface area contributed by atoms with Crippen LogP contribution in [0.4, 0.5) is 5.82 Å². The van der Waals surface area contributed by atoms with E-state index in [-0.39, 0.29) is 11.9 Å². The zero-order valence-electron chi connectivity index (χ0n) is 15.6. The van der Waals surface area contributed by atoms with E-state index in [0.29, 0.717) is 18.7 Å². The molecule has 1 saturated heterocycles. The predicted octanol–water partition coefficient (Wildman–Crippen LogP) is 2.81. The van der Waals surface area contributed by atoms with Crippen molar-refractivity contribution in [2.45, 2.75) is 19.9 Å². The zero-order valence-corrected chi connectivity index (χ0v) is 15.6. The van der Waals surface area contributed by atoms with Gasteiger partial charge in [-0.3, -0.25) is 9.48 Å². The van der Waals surface area contributed by atoms with Gasteiger partial charge in [0.05, 0.1) is 22.8 Å². The first-order valence-electron chi connectivity index (χ1n) is 8.83. The Labute approximate surface area is 153 Å². The van der Waals surface area contributed by atoms with Gasteiger partial charge in [0.1, 0.15) is 5.82 Å². The van der Waals surface area contributed by atoms with Crippen LogP contribution in [0.2, 0.25) is 0 Å². The fourth-order valence-corrected chi connectivity index (χ4v) is 3.53. The van der Waals surface area contributed by atoms with Gasteiger partial charge in [-0.1, -0.05) is 18.2 Å². The minimum Gasteiger partial charge on any atom is -0.363 e. The number of pyridine rings is 1. The predicted molar refractivity (Wildman–Crippen MR) is 103 cm³/mol. The lowest BCUT2D eigenvalue weighted by atomic mass is 10.0. The Hall–Kier alpha value is -2.89. The number of aryl methyl sites for hydroxylation is 2. The minimum atomic E-state index is 0.0597. The van der Waals surface area contributed by atoms with E-state index in [4.69, 9.17) is 0 Å². The van der Waals surface area contributed by atoms with Crippen LogP contribution in [0, 0.1) is 13.8 Å². The molecular formula is C20H23N5O. The molecule has 1 aromatic carbocycles. The number of nitrogens with zero attached hydrogens (tertiary/aromatic N) is 5. The maximum absolute atomic E-state index is 13.1. The third-order valence-electron chi connectivity index (χ3n) is 4.93. The Morgan fingerprint density at radius 1 is 1.15 bits per heavy atom. The van der Waals surface area contributed by atoms with Gasteiger partial charge in [-0.25, -0.2) is 4.98 Å². The van der Waals surface area contributed by atoms with Gasteiger partial charge in [0, 0.05) is 38.3 Å². The molecule has 1 aliphatic rings. The van der Waals surface area contributed by atoms with Crippen molar-refractivity contribution in [2.24, 2.45) is 0 Å². The van der Waals surface area contributed by atoms with Crippen molar-refractivity contribution >= 4 is 22.6 Å². The van der Waals surface area contributed by atoms with Gasteiger partial charge in [0.25, 0.3) is 5.91 Å². The Kier molecular flexibility index (Phi) is 3.90. The Morgan fingerprint density at radius 2 is 1.88 bits per heavy atom. The molecule has 0 atom stereocenters. The van der Waals surface area contributed by atoms with Crippen LogP contribution in [0.15, 0.2) is 36.4 Å². The molecule has 1 fully saturated rings. The molecule has 4 rings (SSSR count). The summed E-state index contributed by atoms with van der Waals surface area (Å²) in [6.07, 6.45) is 0. The summed E-state index contributed by atoms with van der Waals surface area (Å²) in [5.74, 6) is 0.854. The van der Waals surface area contributed by atoms with E-state index in [0.717, 1.165) is 28.1 Å². The first-order valence-corrected chi connectivity index (χ1v) is 8.83. The minimum absolute atomic E-state index is 0.0597. The number of amides is 1. The van der Waals surface area contributed by atoms with Crippen molar-refractivity contribution in [3.05, 3.63) is 53.3 Å². The number of para-hydroxylation sites is 1. The van der Waals surface area contributed by atoms with Crippen molar-refractivity contribution in [3.63, 3.8) is 0 Å². The molecule has 3 aromatic rings. The van der Waals surface area contributed by atoms with E-state index < -0.39 is 0 Å². The number of anilines is 1. The molecule has 0 saturated carbocycles. The van der Waals surface area contributed by atoms with E-state index in [2.05, 4.69) is 23.1 Å².